The molecule has 3 aromatic rings. The number of aromatic nitrogens is 1. The standard InChI is InChI=1S/C27H35N5O/c1-4-9-19-10-5-7-12-23(19)31-27(33)29-21-16-14-20(15-17-21)28-26-18-25(32(2)3)22-11-6-8-13-24(22)30-26/h5-8,10-13,18,20-21H,4,9,14-17H2,1-3H3,(H,28,30)(H2,29,31,33). The number of rotatable bonds is 7. The van der Waals surface area contributed by atoms with Gasteiger partial charge in [0.1, 0.15) is 5.82 Å². The number of amides is 2. The molecule has 0 bridgehead atoms. The van der Waals surface area contributed by atoms with E-state index in [0.29, 0.717) is 6.04 Å². The van der Waals surface area contributed by atoms with Gasteiger partial charge in [0.05, 0.1) is 5.52 Å². The highest BCUT2D eigenvalue weighted by Crippen LogP contribution is 2.29. The summed E-state index contributed by atoms with van der Waals surface area (Å²) < 4.78 is 0. The van der Waals surface area contributed by atoms with Crippen molar-refractivity contribution in [3.63, 3.8) is 0 Å². The number of hydrogen-bond acceptors (Lipinski definition) is 4. The second-order valence-electron chi connectivity index (χ2n) is 9.14. The molecule has 0 atom stereocenters. The Bertz CT molecular complexity index is 1090. The third kappa shape index (κ3) is 5.75. The van der Waals surface area contributed by atoms with Gasteiger partial charge in [-0.15, -0.1) is 0 Å². The van der Waals surface area contributed by atoms with Gasteiger partial charge in [0, 0.05) is 49.0 Å². The quantitative estimate of drug-likeness (QED) is 0.430. The van der Waals surface area contributed by atoms with Crippen LogP contribution in [0.5, 0.6) is 0 Å². The summed E-state index contributed by atoms with van der Waals surface area (Å²) in [4.78, 5) is 19.5. The SMILES string of the molecule is CCCc1ccccc1NC(=O)NC1CCC(Nc2cc(N(C)C)c3ccccc3n2)CC1. The predicted molar refractivity (Wildman–Crippen MR) is 138 cm³/mol. The molecule has 1 fully saturated rings. The first-order valence-corrected chi connectivity index (χ1v) is 12.0. The zero-order valence-corrected chi connectivity index (χ0v) is 19.9. The number of carbonyl (C=O) groups excluding carboxylic acids is 1. The number of benzene rings is 2. The number of hydrogen-bond donors (Lipinski definition) is 3. The molecule has 0 saturated heterocycles. The topological polar surface area (TPSA) is 69.3 Å². The smallest absolute Gasteiger partial charge is 0.319 e. The van der Waals surface area contributed by atoms with Crippen LogP contribution in [0.1, 0.15) is 44.6 Å². The van der Waals surface area contributed by atoms with Gasteiger partial charge in [0.2, 0.25) is 0 Å². The van der Waals surface area contributed by atoms with Crippen molar-refractivity contribution in [1.82, 2.24) is 10.3 Å². The molecule has 1 aliphatic carbocycles. The lowest BCUT2D eigenvalue weighted by atomic mass is 9.91. The van der Waals surface area contributed by atoms with E-state index in [2.05, 4.69) is 72.2 Å². The van der Waals surface area contributed by atoms with Crippen LogP contribution in [0.25, 0.3) is 10.9 Å². The lowest BCUT2D eigenvalue weighted by Gasteiger charge is -2.30. The molecule has 1 aliphatic rings. The first-order valence-electron chi connectivity index (χ1n) is 12.0. The lowest BCUT2D eigenvalue weighted by Crippen LogP contribution is -2.42. The van der Waals surface area contributed by atoms with Crippen molar-refractivity contribution in [1.29, 1.82) is 0 Å². The Kier molecular flexibility index (Phi) is 7.33. The first kappa shape index (κ1) is 22.9. The van der Waals surface area contributed by atoms with Crippen molar-refractivity contribution < 1.29 is 4.79 Å². The fourth-order valence-electron chi connectivity index (χ4n) is 4.67. The van der Waals surface area contributed by atoms with Gasteiger partial charge in [0.25, 0.3) is 0 Å². The van der Waals surface area contributed by atoms with E-state index < -0.39 is 0 Å². The van der Waals surface area contributed by atoms with Crippen molar-refractivity contribution in [2.75, 3.05) is 29.6 Å². The third-order valence-corrected chi connectivity index (χ3v) is 6.38. The van der Waals surface area contributed by atoms with Gasteiger partial charge < -0.3 is 20.9 Å². The largest absolute Gasteiger partial charge is 0.377 e. The highest BCUT2D eigenvalue weighted by molar-refractivity contribution is 5.93. The molecule has 1 aromatic heterocycles. The van der Waals surface area contributed by atoms with Gasteiger partial charge >= 0.3 is 6.03 Å². The fourth-order valence-corrected chi connectivity index (χ4v) is 4.67. The second-order valence-corrected chi connectivity index (χ2v) is 9.14. The zero-order chi connectivity index (χ0) is 23.2. The maximum Gasteiger partial charge on any atom is 0.319 e. The minimum Gasteiger partial charge on any atom is -0.377 e. The van der Waals surface area contributed by atoms with E-state index in [1.54, 1.807) is 0 Å². The molecule has 2 aromatic carbocycles. The monoisotopic (exact) mass is 445 g/mol. The van der Waals surface area contributed by atoms with Gasteiger partial charge in [-0.05, 0) is 49.8 Å². The molecule has 0 radical (unpaired) electrons. The van der Waals surface area contributed by atoms with Crippen LogP contribution < -0.4 is 20.9 Å². The molecule has 2 amide bonds. The molecular formula is C27H35N5O. The van der Waals surface area contributed by atoms with E-state index >= 15 is 0 Å². The van der Waals surface area contributed by atoms with Crippen molar-refractivity contribution >= 4 is 34.1 Å². The second kappa shape index (κ2) is 10.6. The summed E-state index contributed by atoms with van der Waals surface area (Å²) in [5.74, 6) is 0.916. The van der Waals surface area contributed by atoms with Crippen molar-refractivity contribution in [3.05, 3.63) is 60.2 Å². The number of fused-ring (bicyclic) bond motifs is 1. The Morgan fingerprint density at radius 3 is 2.45 bits per heavy atom. The molecular weight excluding hydrogens is 410 g/mol. The van der Waals surface area contributed by atoms with Gasteiger partial charge in [-0.1, -0.05) is 49.7 Å². The highest BCUT2D eigenvalue weighted by Gasteiger charge is 2.23. The molecule has 1 heterocycles. The van der Waals surface area contributed by atoms with Crippen LogP contribution in [0.15, 0.2) is 54.6 Å². The molecule has 6 nitrogen and oxygen atoms in total. The molecule has 4 rings (SSSR count). The van der Waals surface area contributed by atoms with E-state index in [0.717, 1.165) is 60.9 Å². The Labute approximate surface area is 196 Å². The molecule has 0 spiro atoms. The third-order valence-electron chi connectivity index (χ3n) is 6.38. The highest BCUT2D eigenvalue weighted by atomic mass is 16.2. The van der Waals surface area contributed by atoms with Crippen LogP contribution in [0, 0.1) is 0 Å². The molecule has 0 aliphatic heterocycles. The first-order chi connectivity index (χ1) is 16.0. The van der Waals surface area contributed by atoms with E-state index in [4.69, 9.17) is 4.98 Å². The number of aryl methyl sites for hydroxylation is 1. The predicted octanol–water partition coefficient (Wildman–Crippen LogP) is 5.80. The summed E-state index contributed by atoms with van der Waals surface area (Å²) in [6.07, 6.45) is 5.93. The van der Waals surface area contributed by atoms with E-state index in [1.807, 2.05) is 24.3 Å². The van der Waals surface area contributed by atoms with E-state index in [-0.39, 0.29) is 12.1 Å². The van der Waals surface area contributed by atoms with Crippen LogP contribution in [-0.4, -0.2) is 37.2 Å². The van der Waals surface area contributed by atoms with E-state index in [1.165, 1.54) is 11.3 Å². The molecule has 174 valence electrons. The fraction of sp³-hybridized carbons (Fsp3) is 0.407. The molecule has 33 heavy (non-hydrogen) atoms. The Balaban J connectivity index is 1.32. The number of nitrogens with one attached hydrogen (secondary N) is 3. The van der Waals surface area contributed by atoms with Gasteiger partial charge in [0.15, 0.2) is 0 Å². The Hall–Kier alpha value is -3.28. The summed E-state index contributed by atoms with van der Waals surface area (Å²) in [6.45, 7) is 2.15. The summed E-state index contributed by atoms with van der Waals surface area (Å²) in [5, 5.41) is 11.0. The minimum absolute atomic E-state index is 0.109. The van der Waals surface area contributed by atoms with Crippen LogP contribution in [0.2, 0.25) is 0 Å². The Morgan fingerprint density at radius 2 is 1.70 bits per heavy atom. The van der Waals surface area contributed by atoms with Crippen LogP contribution >= 0.6 is 0 Å². The molecule has 1 saturated carbocycles. The summed E-state index contributed by atoms with van der Waals surface area (Å²) in [5.41, 5.74) is 4.26. The average Bonchev–Trinajstić information content (AvgIpc) is 2.81. The van der Waals surface area contributed by atoms with Gasteiger partial charge in [-0.25, -0.2) is 9.78 Å². The average molecular weight is 446 g/mol. The van der Waals surface area contributed by atoms with Crippen molar-refractivity contribution in [3.8, 4) is 0 Å². The van der Waals surface area contributed by atoms with E-state index in [9.17, 15) is 4.79 Å². The molecule has 3 N–H and O–H groups in total. The summed E-state index contributed by atoms with van der Waals surface area (Å²) in [7, 11) is 4.13. The number of para-hydroxylation sites is 2. The van der Waals surface area contributed by atoms with Crippen LogP contribution in [0.3, 0.4) is 0 Å². The maximum atomic E-state index is 12.6. The Morgan fingerprint density at radius 1 is 1.00 bits per heavy atom. The number of anilines is 3. The van der Waals surface area contributed by atoms with Gasteiger partial charge in [-0.3, -0.25) is 0 Å². The summed E-state index contributed by atoms with van der Waals surface area (Å²) >= 11 is 0. The molecule has 6 heteroatoms. The number of nitrogens with zero attached hydrogens (tertiary/aromatic N) is 2. The van der Waals surface area contributed by atoms with Crippen LogP contribution in [-0.2, 0) is 6.42 Å². The number of pyridine rings is 1. The maximum absolute atomic E-state index is 12.6. The van der Waals surface area contributed by atoms with Gasteiger partial charge in [-0.2, -0.15) is 0 Å². The van der Waals surface area contributed by atoms with Crippen LogP contribution in [0.4, 0.5) is 22.0 Å². The van der Waals surface area contributed by atoms with Crippen molar-refractivity contribution in [2.45, 2.75) is 57.5 Å². The minimum atomic E-state index is -0.109. The number of urea groups is 1. The molecule has 0 unspecified atom stereocenters. The normalized spacial score (nSPS) is 18.0. The lowest BCUT2D eigenvalue weighted by molar-refractivity contribution is 0.243. The number of carbonyl (C=O) groups is 1. The van der Waals surface area contributed by atoms with Crippen molar-refractivity contribution in [2.24, 2.45) is 0 Å². The zero-order valence-electron chi connectivity index (χ0n) is 19.9. The summed E-state index contributed by atoms with van der Waals surface area (Å²) in [6, 6.07) is 18.9.